The van der Waals surface area contributed by atoms with Crippen molar-refractivity contribution in [3.05, 3.63) is 152 Å². The molecule has 0 amide bonds. The van der Waals surface area contributed by atoms with Gasteiger partial charge in [-0.2, -0.15) is 0 Å². The van der Waals surface area contributed by atoms with Crippen LogP contribution in [0.15, 0.2) is 130 Å². The smallest absolute Gasteiger partial charge is 0.106 e. The van der Waals surface area contributed by atoms with Crippen molar-refractivity contribution in [1.29, 1.82) is 0 Å². The number of nitrogens with zero attached hydrogens (tertiary/aromatic N) is 2. The number of para-hydroxylation sites is 1. The second-order valence-electron chi connectivity index (χ2n) is 30.5. The van der Waals surface area contributed by atoms with Crippen LogP contribution in [0.3, 0.4) is 0 Å². The quantitative estimate of drug-likeness (QED) is 0.0864. The monoisotopic (exact) mass is 1250 g/mol. The van der Waals surface area contributed by atoms with Crippen molar-refractivity contribution in [2.75, 3.05) is 0 Å². The van der Waals surface area contributed by atoms with Crippen LogP contribution in [0, 0.1) is 71.0 Å². The Morgan fingerprint density at radius 3 is 1.17 bits per heavy atom. The number of thiophene rings is 1. The van der Waals surface area contributed by atoms with E-state index in [0.29, 0.717) is 22.2 Å². The van der Waals surface area contributed by atoms with Crippen molar-refractivity contribution in [1.82, 2.24) is 31.2 Å². The van der Waals surface area contributed by atoms with E-state index in [1.165, 1.54) is 197 Å². The van der Waals surface area contributed by atoms with Crippen LogP contribution < -0.4 is 21.3 Å². The molecule has 0 spiro atoms. The number of hydrogen-bond acceptors (Lipinski definition) is 7. The van der Waals surface area contributed by atoms with Crippen LogP contribution in [0.25, 0.3) is 21.3 Å². The molecule has 0 radical (unpaired) electrons. The summed E-state index contributed by atoms with van der Waals surface area (Å²) in [5.41, 5.74) is 9.66. The number of hydrogen-bond donors (Lipinski definition) is 4. The molecule has 16 aliphatic carbocycles. The molecule has 4 N–H and O–H groups in total. The van der Waals surface area contributed by atoms with Crippen molar-refractivity contribution in [2.45, 2.75) is 202 Å². The van der Waals surface area contributed by atoms with Gasteiger partial charge in [-0.05, 0) is 305 Å². The predicted molar refractivity (Wildman–Crippen MR) is 349 cm³/mol. The Kier molecular flexibility index (Phi) is 16.0. The Morgan fingerprint density at radius 2 is 0.771 bits per heavy atom. The van der Waals surface area contributed by atoms with E-state index in [9.17, 15) is 0 Å². The molecule has 9 heteroatoms. The molecule has 3 aromatic heterocycles. The van der Waals surface area contributed by atoms with Crippen molar-refractivity contribution in [2.24, 2.45) is 71.0 Å². The largest absolute Gasteiger partial charge is 0.307 e. The third-order valence-electron chi connectivity index (χ3n) is 23.9. The summed E-state index contributed by atoms with van der Waals surface area (Å²) in [6.07, 6.45) is 37.3. The molecule has 438 valence electrons. The second kappa shape index (κ2) is 23.7. The van der Waals surface area contributed by atoms with Gasteiger partial charge in [-0.3, -0.25) is 4.98 Å². The van der Waals surface area contributed by atoms with Crippen LogP contribution in [0.5, 0.6) is 0 Å². The van der Waals surface area contributed by atoms with Gasteiger partial charge in [0.25, 0.3) is 0 Å². The summed E-state index contributed by atoms with van der Waals surface area (Å²) >= 11 is 8.72. The number of fused-ring (bicyclic) bond motifs is 1. The zero-order valence-corrected chi connectivity index (χ0v) is 53.3. The summed E-state index contributed by atoms with van der Waals surface area (Å²) in [7, 11) is 0. The van der Waals surface area contributed by atoms with Gasteiger partial charge < -0.3 is 21.3 Å². The fraction of sp³-hybridized carbons (Fsp3) is 0.595. The second-order valence-corrected chi connectivity index (χ2v) is 33.2. The highest BCUT2D eigenvalue weighted by Crippen LogP contribution is 2.59. The van der Waals surface area contributed by atoms with Crippen LogP contribution in [-0.4, -0.2) is 32.1 Å². The summed E-state index contributed by atoms with van der Waals surface area (Å²) < 4.78 is 2.09. The minimum atomic E-state index is 0.433. The topological polar surface area (TPSA) is 73.9 Å². The van der Waals surface area contributed by atoms with Crippen molar-refractivity contribution in [3.63, 3.8) is 0 Å². The van der Waals surface area contributed by atoms with E-state index in [2.05, 4.69) is 167 Å². The van der Waals surface area contributed by atoms with E-state index in [-0.39, 0.29) is 0 Å². The average molecular weight is 1260 g/mol. The molecule has 0 unspecified atom stereocenters. The van der Waals surface area contributed by atoms with Crippen molar-refractivity contribution in [3.8, 4) is 10.4 Å². The Labute approximate surface area is 517 Å². The number of nitrogens with one attached hydrogen (secondary N) is 4. The first-order valence-corrected chi connectivity index (χ1v) is 35.8. The predicted octanol–water partition coefficient (Wildman–Crippen LogP) is 18.2. The molecule has 0 aliphatic heterocycles. The first-order chi connectivity index (χ1) is 40.5. The first-order valence-electron chi connectivity index (χ1n) is 33.3. The highest BCUT2D eigenvalue weighted by molar-refractivity contribution is 9.10. The molecule has 6 aromatic rings. The maximum atomic E-state index is 4.83. The van der Waals surface area contributed by atoms with E-state index in [4.69, 9.17) is 4.98 Å². The number of pyridine rings is 2. The van der Waals surface area contributed by atoms with Gasteiger partial charge in [0.15, 0.2) is 0 Å². The van der Waals surface area contributed by atoms with E-state index in [0.717, 1.165) is 107 Å². The number of halogens is 2. The standard InChI is InChI=1S/C21H25NS.C20H24N2.C17H22BrN.C16H21BrN2/c1-2-20(23-7-1)19-5-3-15(4-6-19)14-22-21-11-16-8-17(12-21)10-18(9-16)13-21;1-2-4-19-17(3-1)5-6-18(22-19)13-21-20-10-14-7-15(11-20)9-16(8-14)12-20;18-16-3-1-12(2-4-16)11-19-17-8-13-5-14(9-17)7-15(6-13)10-17;17-15-2-1-11(9-18-15)10-19-16-6-12-3-13(7-16)5-14(4-12)8-16/h1-7,16-18,22H,8-14H2;1-6,14-16,21H,7-13H2;1-4,13-15,19H,5-11H2;1-2,9,12-14,19H,3-8,10H2. The minimum absolute atomic E-state index is 0.433. The van der Waals surface area contributed by atoms with Crippen molar-refractivity contribution >= 4 is 54.1 Å². The Hall–Kier alpha value is -3.28. The summed E-state index contributed by atoms with van der Waals surface area (Å²) in [6.45, 7) is 3.99. The van der Waals surface area contributed by atoms with E-state index in [1.54, 1.807) is 0 Å². The van der Waals surface area contributed by atoms with Gasteiger partial charge in [0.2, 0.25) is 0 Å². The average Bonchev–Trinajstić information content (AvgIpc) is 3.57. The lowest BCUT2D eigenvalue weighted by molar-refractivity contribution is -0.0208. The maximum Gasteiger partial charge on any atom is 0.106 e. The molecule has 3 heterocycles. The van der Waals surface area contributed by atoms with Gasteiger partial charge in [-0.25, -0.2) is 4.98 Å². The zero-order chi connectivity index (χ0) is 55.6. The van der Waals surface area contributed by atoms with Gasteiger partial charge in [0.05, 0.1) is 11.2 Å². The molecule has 0 atom stereocenters. The lowest BCUT2D eigenvalue weighted by Crippen LogP contribution is -2.58. The molecular formula is C74H92Br2N6S. The summed E-state index contributed by atoms with van der Waals surface area (Å²) in [4.78, 5) is 10.5. The minimum Gasteiger partial charge on any atom is -0.307 e. The third-order valence-corrected chi connectivity index (χ3v) is 25.8. The highest BCUT2D eigenvalue weighted by Gasteiger charge is 2.54. The van der Waals surface area contributed by atoms with Crippen LogP contribution >= 0.6 is 43.2 Å². The number of benzene rings is 3. The third kappa shape index (κ3) is 12.9. The molecule has 6 nitrogen and oxygen atoms in total. The molecule has 22 rings (SSSR count). The van der Waals surface area contributed by atoms with E-state index < -0.39 is 0 Å². The molecule has 16 bridgehead atoms. The SMILES string of the molecule is Brc1ccc(CNC23CC4CC(CC(C4)C2)C3)cc1.Brc1ccc(CNC23CC4CC(CC(C4)C2)C3)cn1.c1ccc2nc(CNC34CC5CC(CC(C5)C3)C4)ccc2c1.c1csc(-c2ccc(CNC34CC5CC(CC(C5)C3)C4)cc2)c1. The molecule has 0 saturated heterocycles. The molecule has 16 fully saturated rings. The number of rotatable bonds is 13. The molecule has 16 aliphatic rings. The summed E-state index contributed by atoms with van der Waals surface area (Å²) in [5.74, 6) is 12.2. The highest BCUT2D eigenvalue weighted by atomic mass is 79.9. The first kappa shape index (κ1) is 56.2. The van der Waals surface area contributed by atoms with Crippen LogP contribution in [0.2, 0.25) is 0 Å². The van der Waals surface area contributed by atoms with Crippen LogP contribution in [0.1, 0.15) is 176 Å². The molecule has 16 saturated carbocycles. The maximum absolute atomic E-state index is 4.83. The van der Waals surface area contributed by atoms with Crippen LogP contribution in [-0.2, 0) is 26.2 Å². The fourth-order valence-corrected chi connectivity index (χ4v) is 23.2. The van der Waals surface area contributed by atoms with Crippen molar-refractivity contribution < 1.29 is 0 Å². The summed E-state index contributed by atoms with van der Waals surface area (Å²) in [6, 6.07) is 39.3. The number of aromatic nitrogens is 2. The lowest BCUT2D eigenvalue weighted by Gasteiger charge is -2.57. The molecule has 83 heavy (non-hydrogen) atoms. The van der Waals surface area contributed by atoms with Gasteiger partial charge in [-0.1, -0.05) is 88.7 Å². The van der Waals surface area contributed by atoms with Gasteiger partial charge in [0, 0.05) is 69.3 Å². The fourth-order valence-electron chi connectivity index (χ4n) is 22.0. The van der Waals surface area contributed by atoms with E-state index >= 15 is 0 Å². The molecule has 3 aromatic carbocycles. The van der Waals surface area contributed by atoms with Crippen LogP contribution in [0.4, 0.5) is 0 Å². The van der Waals surface area contributed by atoms with Gasteiger partial charge in [-0.15, -0.1) is 11.3 Å². The Morgan fingerprint density at radius 1 is 0.386 bits per heavy atom. The lowest BCUT2D eigenvalue weighted by atomic mass is 9.53. The van der Waals surface area contributed by atoms with Gasteiger partial charge >= 0.3 is 0 Å². The van der Waals surface area contributed by atoms with E-state index in [1.807, 2.05) is 23.6 Å². The molecular weight excluding hydrogens is 1160 g/mol. The van der Waals surface area contributed by atoms with Gasteiger partial charge in [0.1, 0.15) is 4.60 Å². The summed E-state index contributed by atoms with van der Waals surface area (Å²) in [5, 5.41) is 19.2. The Bertz CT molecular complexity index is 2920. The zero-order valence-electron chi connectivity index (χ0n) is 49.3. The normalized spacial score (nSPS) is 37.4. The Balaban J connectivity index is 0.0000000948.